The fraction of sp³-hybridized carbons (Fsp3) is 0.357. The SMILES string of the molecule is Cl.NCC(F)(F)CNC(=O)CCn1c(=O)[nH]c(=O)c2ccccc21. The van der Waals surface area contributed by atoms with E-state index in [0.29, 0.717) is 10.9 Å². The summed E-state index contributed by atoms with van der Waals surface area (Å²) >= 11 is 0. The molecule has 1 heterocycles. The molecule has 24 heavy (non-hydrogen) atoms. The minimum atomic E-state index is -3.17. The highest BCUT2D eigenvalue weighted by Crippen LogP contribution is 2.09. The van der Waals surface area contributed by atoms with E-state index in [1.165, 1.54) is 4.57 Å². The number of benzene rings is 1. The van der Waals surface area contributed by atoms with Gasteiger partial charge in [-0.15, -0.1) is 12.4 Å². The Morgan fingerprint density at radius 2 is 1.96 bits per heavy atom. The summed E-state index contributed by atoms with van der Waals surface area (Å²) in [6, 6.07) is 6.42. The van der Waals surface area contributed by atoms with E-state index in [1.807, 2.05) is 0 Å². The summed E-state index contributed by atoms with van der Waals surface area (Å²) in [6.45, 7) is -1.77. The van der Waals surface area contributed by atoms with Crippen LogP contribution in [0.5, 0.6) is 0 Å². The van der Waals surface area contributed by atoms with E-state index in [2.05, 4.69) is 10.3 Å². The summed E-state index contributed by atoms with van der Waals surface area (Å²) in [5.74, 6) is -3.81. The van der Waals surface area contributed by atoms with Crippen molar-refractivity contribution in [2.45, 2.75) is 18.9 Å². The number of alkyl halides is 2. The number of halogens is 3. The quantitative estimate of drug-likeness (QED) is 0.682. The number of H-pyrrole nitrogens is 1. The van der Waals surface area contributed by atoms with E-state index >= 15 is 0 Å². The van der Waals surface area contributed by atoms with Crippen molar-refractivity contribution in [1.29, 1.82) is 0 Å². The van der Waals surface area contributed by atoms with Gasteiger partial charge in [0, 0.05) is 13.0 Å². The van der Waals surface area contributed by atoms with Gasteiger partial charge in [0.25, 0.3) is 11.5 Å². The summed E-state index contributed by atoms with van der Waals surface area (Å²) in [7, 11) is 0. The number of aryl methyl sites for hydroxylation is 1. The van der Waals surface area contributed by atoms with Crippen LogP contribution in [0.15, 0.2) is 33.9 Å². The molecule has 0 unspecified atom stereocenters. The zero-order chi connectivity index (χ0) is 17.0. The van der Waals surface area contributed by atoms with Crippen LogP contribution in [-0.4, -0.2) is 34.5 Å². The van der Waals surface area contributed by atoms with E-state index in [-0.39, 0.29) is 25.4 Å². The number of aromatic amines is 1. The minimum absolute atomic E-state index is 0. The highest BCUT2D eigenvalue weighted by molar-refractivity contribution is 5.85. The number of nitrogens with one attached hydrogen (secondary N) is 2. The molecule has 0 aliphatic rings. The van der Waals surface area contributed by atoms with E-state index in [9.17, 15) is 23.2 Å². The van der Waals surface area contributed by atoms with Crippen LogP contribution in [0.1, 0.15) is 6.42 Å². The Balaban J connectivity index is 0.00000288. The molecule has 0 atom stereocenters. The highest BCUT2D eigenvalue weighted by atomic mass is 35.5. The number of hydrogen-bond donors (Lipinski definition) is 3. The zero-order valence-electron chi connectivity index (χ0n) is 12.6. The topological polar surface area (TPSA) is 110 Å². The molecule has 0 fully saturated rings. The second-order valence-corrected chi connectivity index (χ2v) is 5.01. The fourth-order valence-corrected chi connectivity index (χ4v) is 2.07. The number of para-hydroxylation sites is 1. The zero-order valence-corrected chi connectivity index (χ0v) is 13.4. The molecule has 1 aromatic carbocycles. The molecular formula is C14H17ClF2N4O3. The standard InChI is InChI=1S/C14H16F2N4O3.ClH/c15-14(16,7-17)8-18-11(21)5-6-20-10-4-2-1-3-9(10)12(22)19-13(20)23;/h1-4H,5-8,17H2,(H,18,21)(H,19,22,23);1H. The maximum absolute atomic E-state index is 13.0. The van der Waals surface area contributed by atoms with Crippen LogP contribution >= 0.6 is 12.4 Å². The third-order valence-corrected chi connectivity index (χ3v) is 3.31. The van der Waals surface area contributed by atoms with Gasteiger partial charge in [0.1, 0.15) is 0 Å². The molecule has 4 N–H and O–H groups in total. The average Bonchev–Trinajstić information content (AvgIpc) is 2.53. The van der Waals surface area contributed by atoms with Gasteiger partial charge in [-0.25, -0.2) is 13.6 Å². The van der Waals surface area contributed by atoms with Crippen molar-refractivity contribution in [3.63, 3.8) is 0 Å². The molecule has 132 valence electrons. The minimum Gasteiger partial charge on any atom is -0.350 e. The largest absolute Gasteiger partial charge is 0.350 e. The molecule has 2 aromatic rings. The van der Waals surface area contributed by atoms with Crippen molar-refractivity contribution in [3.05, 3.63) is 45.1 Å². The predicted octanol–water partition coefficient (Wildman–Crippen LogP) is 0.212. The number of nitrogens with two attached hydrogens (primary N) is 1. The molecule has 1 aromatic heterocycles. The molecule has 0 spiro atoms. The molecule has 0 aliphatic heterocycles. The number of carbonyl (C=O) groups is 1. The van der Waals surface area contributed by atoms with Crippen LogP contribution in [0, 0.1) is 0 Å². The van der Waals surface area contributed by atoms with Crippen molar-refractivity contribution in [1.82, 2.24) is 14.9 Å². The molecule has 0 saturated heterocycles. The van der Waals surface area contributed by atoms with E-state index in [4.69, 9.17) is 5.73 Å². The molecular weight excluding hydrogens is 346 g/mol. The van der Waals surface area contributed by atoms with Crippen LogP contribution in [0.25, 0.3) is 10.9 Å². The third kappa shape index (κ3) is 4.62. The Labute approximate surface area is 141 Å². The van der Waals surface area contributed by atoms with Gasteiger partial charge in [-0.1, -0.05) is 12.1 Å². The van der Waals surface area contributed by atoms with Crippen molar-refractivity contribution in [2.75, 3.05) is 13.1 Å². The van der Waals surface area contributed by atoms with Crippen LogP contribution in [0.2, 0.25) is 0 Å². The first-order valence-corrected chi connectivity index (χ1v) is 6.90. The lowest BCUT2D eigenvalue weighted by Gasteiger charge is -2.15. The smallest absolute Gasteiger partial charge is 0.328 e. The maximum Gasteiger partial charge on any atom is 0.328 e. The van der Waals surface area contributed by atoms with Crippen molar-refractivity contribution < 1.29 is 13.6 Å². The Morgan fingerprint density at radius 1 is 1.29 bits per heavy atom. The molecule has 1 amide bonds. The first-order chi connectivity index (χ1) is 10.8. The number of amides is 1. The summed E-state index contributed by atoms with van der Waals surface area (Å²) in [4.78, 5) is 37.3. The Hall–Kier alpha value is -2.26. The lowest BCUT2D eigenvalue weighted by atomic mass is 10.2. The highest BCUT2D eigenvalue weighted by Gasteiger charge is 2.27. The molecule has 0 bridgehead atoms. The molecule has 0 aliphatic carbocycles. The first-order valence-electron chi connectivity index (χ1n) is 6.90. The van der Waals surface area contributed by atoms with Crippen LogP contribution in [0.3, 0.4) is 0 Å². The van der Waals surface area contributed by atoms with Gasteiger partial charge in [0.05, 0.1) is 24.0 Å². The van der Waals surface area contributed by atoms with E-state index < -0.39 is 36.2 Å². The van der Waals surface area contributed by atoms with Crippen molar-refractivity contribution in [2.24, 2.45) is 5.73 Å². The molecule has 0 saturated carbocycles. The first kappa shape index (κ1) is 19.8. The molecule has 7 nitrogen and oxygen atoms in total. The Kier molecular flexibility index (Phi) is 6.61. The average molecular weight is 363 g/mol. The van der Waals surface area contributed by atoms with Gasteiger partial charge in [-0.2, -0.15) is 0 Å². The van der Waals surface area contributed by atoms with Crippen molar-refractivity contribution in [3.8, 4) is 0 Å². The number of hydrogen-bond acceptors (Lipinski definition) is 4. The predicted molar refractivity (Wildman–Crippen MR) is 87.7 cm³/mol. The van der Waals surface area contributed by atoms with E-state index in [0.717, 1.165) is 0 Å². The van der Waals surface area contributed by atoms with Gasteiger partial charge in [-0.05, 0) is 12.1 Å². The molecule has 2 rings (SSSR count). The second-order valence-electron chi connectivity index (χ2n) is 5.01. The van der Waals surface area contributed by atoms with Crippen LogP contribution < -0.4 is 22.3 Å². The normalized spacial score (nSPS) is 11.1. The number of nitrogens with zero attached hydrogens (tertiary/aromatic N) is 1. The summed E-state index contributed by atoms with van der Waals surface area (Å²) in [5.41, 5.74) is 4.07. The Morgan fingerprint density at radius 3 is 2.62 bits per heavy atom. The molecule has 10 heteroatoms. The monoisotopic (exact) mass is 362 g/mol. The number of fused-ring (bicyclic) bond motifs is 1. The summed E-state index contributed by atoms with van der Waals surface area (Å²) in [6.07, 6.45) is -0.184. The lowest BCUT2D eigenvalue weighted by molar-refractivity contribution is -0.123. The third-order valence-electron chi connectivity index (χ3n) is 3.31. The van der Waals surface area contributed by atoms with Gasteiger partial charge in [-0.3, -0.25) is 19.1 Å². The number of carbonyl (C=O) groups excluding carboxylic acids is 1. The fourth-order valence-electron chi connectivity index (χ4n) is 2.07. The van der Waals surface area contributed by atoms with Gasteiger partial charge < -0.3 is 11.1 Å². The van der Waals surface area contributed by atoms with Gasteiger partial charge in [0.15, 0.2) is 0 Å². The van der Waals surface area contributed by atoms with E-state index in [1.54, 1.807) is 24.3 Å². The summed E-state index contributed by atoms with van der Waals surface area (Å²) < 4.78 is 27.1. The van der Waals surface area contributed by atoms with Crippen LogP contribution in [0.4, 0.5) is 8.78 Å². The van der Waals surface area contributed by atoms with Crippen LogP contribution in [-0.2, 0) is 11.3 Å². The lowest BCUT2D eigenvalue weighted by Crippen LogP contribution is -2.42. The Bertz CT molecular complexity index is 835. The van der Waals surface area contributed by atoms with Gasteiger partial charge in [0.2, 0.25) is 5.91 Å². The maximum atomic E-state index is 13.0. The summed E-state index contributed by atoms with van der Waals surface area (Å²) in [5, 5.41) is 2.37. The number of aromatic nitrogens is 2. The second kappa shape index (κ2) is 8.02. The molecule has 0 radical (unpaired) electrons. The van der Waals surface area contributed by atoms with Gasteiger partial charge >= 0.3 is 5.69 Å². The number of rotatable bonds is 6. The van der Waals surface area contributed by atoms with Crippen molar-refractivity contribution >= 4 is 29.2 Å².